The second kappa shape index (κ2) is 4.13. The maximum Gasteiger partial charge on any atom is 0.161 e. The van der Waals surface area contributed by atoms with Gasteiger partial charge in [-0.1, -0.05) is 17.7 Å². The fourth-order valence-electron chi connectivity index (χ4n) is 1.32. The van der Waals surface area contributed by atoms with Gasteiger partial charge >= 0.3 is 0 Å². The lowest BCUT2D eigenvalue weighted by molar-refractivity contribution is 0.101. The minimum atomic E-state index is -0.0233. The van der Waals surface area contributed by atoms with Gasteiger partial charge in [-0.15, -0.1) is 11.3 Å². The minimum Gasteiger partial charge on any atom is -0.294 e. The molecule has 2 rings (SSSR count). The number of hydrogen-bond acceptors (Lipinski definition) is 3. The van der Waals surface area contributed by atoms with Crippen molar-refractivity contribution in [2.24, 2.45) is 0 Å². The van der Waals surface area contributed by atoms with Crippen molar-refractivity contribution in [1.29, 1.82) is 0 Å². The molecule has 0 radical (unpaired) electrons. The summed E-state index contributed by atoms with van der Waals surface area (Å²) in [5, 5.41) is 2.42. The van der Waals surface area contributed by atoms with Gasteiger partial charge in [0.1, 0.15) is 0 Å². The summed E-state index contributed by atoms with van der Waals surface area (Å²) < 4.78 is 0. The third kappa shape index (κ3) is 2.08. The molecule has 0 atom stereocenters. The lowest BCUT2D eigenvalue weighted by Crippen LogP contribution is -1.93. The van der Waals surface area contributed by atoms with E-state index in [0.717, 1.165) is 11.3 Å². The number of nitrogens with zero attached hydrogens (tertiary/aromatic N) is 1. The normalized spacial score (nSPS) is 10.3. The number of rotatable bonds is 2. The van der Waals surface area contributed by atoms with E-state index in [-0.39, 0.29) is 5.78 Å². The van der Waals surface area contributed by atoms with Crippen LogP contribution in [0.15, 0.2) is 29.1 Å². The van der Waals surface area contributed by atoms with Gasteiger partial charge < -0.3 is 0 Å². The minimum absolute atomic E-state index is 0.0233. The Labute approximate surface area is 96.5 Å². The molecule has 0 saturated heterocycles. The van der Waals surface area contributed by atoms with Gasteiger partial charge in [0.2, 0.25) is 0 Å². The summed E-state index contributed by atoms with van der Waals surface area (Å²) >= 11 is 7.53. The van der Waals surface area contributed by atoms with Gasteiger partial charge in [0.15, 0.2) is 5.78 Å². The average Bonchev–Trinajstić information content (AvgIpc) is 2.69. The van der Waals surface area contributed by atoms with Gasteiger partial charge in [0.05, 0.1) is 16.2 Å². The molecule has 0 aliphatic carbocycles. The maximum absolute atomic E-state index is 11.2. The van der Waals surface area contributed by atoms with E-state index in [9.17, 15) is 4.79 Å². The molecule has 2 nitrogen and oxygen atoms in total. The molecule has 1 heterocycles. The van der Waals surface area contributed by atoms with E-state index in [1.807, 2.05) is 11.4 Å². The van der Waals surface area contributed by atoms with Crippen molar-refractivity contribution in [3.05, 3.63) is 39.7 Å². The molecular weight excluding hydrogens is 230 g/mol. The van der Waals surface area contributed by atoms with E-state index in [0.29, 0.717) is 10.6 Å². The first kappa shape index (κ1) is 10.3. The lowest BCUT2D eigenvalue weighted by Gasteiger charge is -2.02. The first-order valence-corrected chi connectivity index (χ1v) is 5.69. The summed E-state index contributed by atoms with van der Waals surface area (Å²) in [6.07, 6.45) is 0. The van der Waals surface area contributed by atoms with Gasteiger partial charge in [0.25, 0.3) is 0 Å². The Morgan fingerprint density at radius 1 is 1.47 bits per heavy atom. The van der Waals surface area contributed by atoms with E-state index in [4.69, 9.17) is 11.6 Å². The van der Waals surface area contributed by atoms with Crippen molar-refractivity contribution < 1.29 is 4.79 Å². The van der Waals surface area contributed by atoms with Crippen LogP contribution in [-0.4, -0.2) is 10.8 Å². The number of aromatic nitrogens is 1. The van der Waals surface area contributed by atoms with Crippen LogP contribution in [0.1, 0.15) is 17.3 Å². The summed E-state index contributed by atoms with van der Waals surface area (Å²) in [5.74, 6) is -0.0233. The van der Waals surface area contributed by atoms with Crippen molar-refractivity contribution in [3.63, 3.8) is 0 Å². The number of benzene rings is 1. The Balaban J connectivity index is 2.47. The molecule has 2 aromatic rings. The Morgan fingerprint density at radius 3 is 2.80 bits per heavy atom. The second-order valence-electron chi connectivity index (χ2n) is 3.12. The van der Waals surface area contributed by atoms with Crippen molar-refractivity contribution in [1.82, 2.24) is 4.98 Å². The topological polar surface area (TPSA) is 30.0 Å². The van der Waals surface area contributed by atoms with Crippen molar-refractivity contribution >= 4 is 28.7 Å². The van der Waals surface area contributed by atoms with E-state index in [2.05, 4.69) is 4.98 Å². The molecule has 0 aliphatic rings. The van der Waals surface area contributed by atoms with E-state index >= 15 is 0 Å². The molecule has 76 valence electrons. The monoisotopic (exact) mass is 237 g/mol. The molecule has 0 bridgehead atoms. The average molecular weight is 238 g/mol. The number of carbonyl (C=O) groups excluding carboxylic acids is 1. The van der Waals surface area contributed by atoms with Crippen LogP contribution in [-0.2, 0) is 0 Å². The highest BCUT2D eigenvalue weighted by Crippen LogP contribution is 2.25. The van der Waals surface area contributed by atoms with Crippen LogP contribution < -0.4 is 0 Å². The Hall–Kier alpha value is -1.19. The molecule has 0 spiro atoms. The lowest BCUT2D eigenvalue weighted by atomic mass is 10.1. The van der Waals surface area contributed by atoms with Gasteiger partial charge in [0, 0.05) is 16.5 Å². The molecule has 0 fully saturated rings. The molecule has 1 aromatic heterocycles. The van der Waals surface area contributed by atoms with E-state index < -0.39 is 0 Å². The molecule has 0 unspecified atom stereocenters. The first-order valence-electron chi connectivity index (χ1n) is 4.37. The number of ketones is 1. The summed E-state index contributed by atoms with van der Waals surface area (Å²) in [6.45, 7) is 1.50. The van der Waals surface area contributed by atoms with Crippen LogP contribution in [0.4, 0.5) is 0 Å². The van der Waals surface area contributed by atoms with Crippen molar-refractivity contribution in [3.8, 4) is 11.3 Å². The van der Waals surface area contributed by atoms with Crippen LogP contribution in [0, 0.1) is 0 Å². The predicted octanol–water partition coefficient (Wildman–Crippen LogP) is 3.67. The standard InChI is InChI=1S/C11H8ClNOS/c1-7(14)9-3-2-8(4-10(9)12)11-5-15-6-13-11/h2-6H,1H3. The van der Waals surface area contributed by atoms with Gasteiger partial charge in [-0.25, -0.2) is 4.98 Å². The summed E-state index contributed by atoms with van der Waals surface area (Å²) in [5.41, 5.74) is 4.14. The van der Waals surface area contributed by atoms with Crippen LogP contribution in [0.2, 0.25) is 5.02 Å². The maximum atomic E-state index is 11.2. The summed E-state index contributed by atoms with van der Waals surface area (Å²) in [7, 11) is 0. The van der Waals surface area contributed by atoms with Crippen LogP contribution >= 0.6 is 22.9 Å². The largest absolute Gasteiger partial charge is 0.294 e. The number of Topliss-reactive ketones (excluding diaryl/α,β-unsaturated/α-hetero) is 1. The molecule has 0 saturated carbocycles. The van der Waals surface area contributed by atoms with Crippen LogP contribution in [0.3, 0.4) is 0 Å². The van der Waals surface area contributed by atoms with Gasteiger partial charge in [-0.3, -0.25) is 4.79 Å². The Bertz CT molecular complexity index is 493. The van der Waals surface area contributed by atoms with Gasteiger partial charge in [-0.2, -0.15) is 0 Å². The molecule has 4 heteroatoms. The third-order valence-electron chi connectivity index (χ3n) is 2.08. The highest BCUT2D eigenvalue weighted by Gasteiger charge is 2.07. The third-order valence-corrected chi connectivity index (χ3v) is 2.98. The zero-order chi connectivity index (χ0) is 10.8. The first-order chi connectivity index (χ1) is 7.18. The SMILES string of the molecule is CC(=O)c1ccc(-c2cscn2)cc1Cl. The predicted molar refractivity (Wildman–Crippen MR) is 62.6 cm³/mol. The number of carbonyl (C=O) groups is 1. The zero-order valence-corrected chi connectivity index (χ0v) is 9.60. The van der Waals surface area contributed by atoms with Crippen LogP contribution in [0.5, 0.6) is 0 Å². The molecule has 0 amide bonds. The smallest absolute Gasteiger partial charge is 0.161 e. The quantitative estimate of drug-likeness (QED) is 0.746. The van der Waals surface area contributed by atoms with Crippen LogP contribution in [0.25, 0.3) is 11.3 Å². The highest BCUT2D eigenvalue weighted by atomic mass is 35.5. The number of halogens is 1. The molecule has 0 aliphatic heterocycles. The number of hydrogen-bond donors (Lipinski definition) is 0. The Morgan fingerprint density at radius 2 is 2.27 bits per heavy atom. The summed E-state index contributed by atoms with van der Waals surface area (Å²) in [4.78, 5) is 15.3. The Kier molecular flexibility index (Phi) is 2.84. The fourth-order valence-corrected chi connectivity index (χ4v) is 2.19. The van der Waals surface area contributed by atoms with Crippen molar-refractivity contribution in [2.45, 2.75) is 6.92 Å². The molecule has 15 heavy (non-hydrogen) atoms. The second-order valence-corrected chi connectivity index (χ2v) is 4.25. The molecule has 0 N–H and O–H groups in total. The molecular formula is C11H8ClNOS. The van der Waals surface area contributed by atoms with Crippen molar-refractivity contribution in [2.75, 3.05) is 0 Å². The van der Waals surface area contributed by atoms with E-state index in [1.165, 1.54) is 18.3 Å². The number of thiazole rings is 1. The fraction of sp³-hybridized carbons (Fsp3) is 0.0909. The molecule has 1 aromatic carbocycles. The van der Waals surface area contributed by atoms with Gasteiger partial charge in [-0.05, 0) is 19.1 Å². The summed E-state index contributed by atoms with van der Waals surface area (Å²) in [6, 6.07) is 5.37. The highest BCUT2D eigenvalue weighted by molar-refractivity contribution is 7.07. The van der Waals surface area contributed by atoms with E-state index in [1.54, 1.807) is 17.6 Å². The zero-order valence-electron chi connectivity index (χ0n) is 8.03.